The Balaban J connectivity index is -0.000000320. The number of nitrogens with two attached hydrogens (primary N) is 1. The third-order valence-corrected chi connectivity index (χ3v) is 0.689. The van der Waals surface area contributed by atoms with Crippen molar-refractivity contribution in [2.24, 2.45) is 5.73 Å². The Morgan fingerprint density at radius 3 is 2.00 bits per heavy atom. The molecule has 0 heterocycles. The summed E-state index contributed by atoms with van der Waals surface area (Å²) in [5.41, 5.74) is 4.73. The second-order valence-electron chi connectivity index (χ2n) is 1.50. The van der Waals surface area contributed by atoms with Gasteiger partial charge in [0.2, 0.25) is 0 Å². The molecule has 0 bridgehead atoms. The van der Waals surface area contributed by atoms with E-state index in [4.69, 9.17) is 5.73 Å². The molecule has 1 atom stereocenters. The van der Waals surface area contributed by atoms with Crippen LogP contribution < -0.4 is 15.9 Å². The predicted molar refractivity (Wildman–Crippen MR) is 23.7 cm³/mol. The van der Waals surface area contributed by atoms with Gasteiger partial charge in [0.1, 0.15) is 0 Å². The number of aliphatic carboxylic acids is 2. The van der Waals surface area contributed by atoms with Gasteiger partial charge in [0, 0.05) is 18.4 Å². The van der Waals surface area contributed by atoms with E-state index in [1.807, 2.05) is 0 Å². The molecule has 0 aliphatic carbocycles. The van der Waals surface area contributed by atoms with Gasteiger partial charge in [0.05, 0.1) is 5.97 Å². The summed E-state index contributed by atoms with van der Waals surface area (Å²) in [6.45, 7) is 0. The molecule has 0 spiro atoms. The minimum absolute atomic E-state index is 0. The summed E-state index contributed by atoms with van der Waals surface area (Å²) in [4.78, 5) is 19.3. The van der Waals surface area contributed by atoms with Crippen molar-refractivity contribution in [1.82, 2.24) is 0 Å². The first-order valence-electron chi connectivity index (χ1n) is 2.20. The van der Waals surface area contributed by atoms with Crippen molar-refractivity contribution in [1.29, 1.82) is 0 Å². The van der Waals surface area contributed by atoms with E-state index in [1.165, 1.54) is 0 Å². The molecule has 0 aliphatic heterocycles. The van der Waals surface area contributed by atoms with E-state index in [0.717, 1.165) is 0 Å². The van der Waals surface area contributed by atoms with Crippen LogP contribution >= 0.6 is 0 Å². The molecule has 0 rings (SSSR count). The van der Waals surface area contributed by atoms with Gasteiger partial charge in [-0.1, -0.05) is 0 Å². The van der Waals surface area contributed by atoms with Crippen LogP contribution in [0.15, 0.2) is 0 Å². The summed E-state index contributed by atoms with van der Waals surface area (Å²) >= 11 is 0. The second-order valence-corrected chi connectivity index (χ2v) is 1.50. The molecule has 6 heteroatoms. The Bertz CT molecular complexity index is 142. The largest absolute Gasteiger partial charge is 2.00 e. The molecule has 0 aromatic rings. The molecule has 0 saturated heterocycles. The molecule has 0 aromatic carbocycles. The molecule has 0 amide bonds. The monoisotopic (exact) mass is 196 g/mol. The van der Waals surface area contributed by atoms with E-state index in [9.17, 15) is 19.8 Å². The standard InChI is InChI=1S/C4H7NO4.Zn/c5-2(4(8)9)1-3(6)7;/h2H,1,5H2,(H,6,7)(H,8,9);/q;+2/p-1. The van der Waals surface area contributed by atoms with E-state index >= 15 is 0 Å². The normalized spacial score (nSPS) is 11.3. The number of carboxylic acid groups (broad SMARTS) is 2. The van der Waals surface area contributed by atoms with Crippen LogP contribution in [0.5, 0.6) is 0 Å². The van der Waals surface area contributed by atoms with E-state index in [0.29, 0.717) is 0 Å². The zero-order valence-electron chi connectivity index (χ0n) is 6.20. The van der Waals surface area contributed by atoms with Crippen molar-refractivity contribution in [2.45, 2.75) is 12.5 Å². The topological polar surface area (TPSA) is 106 Å². The van der Waals surface area contributed by atoms with Gasteiger partial charge in [0.25, 0.3) is 0 Å². The summed E-state index contributed by atoms with van der Waals surface area (Å²) in [7, 11) is 0. The number of rotatable bonds is 3. The molecule has 1 unspecified atom stereocenters. The third kappa shape index (κ3) is 5.66. The van der Waals surface area contributed by atoms with E-state index in [-0.39, 0.29) is 20.9 Å². The maximum atomic E-state index is 9.71. The second kappa shape index (κ2) is 5.32. The van der Waals surface area contributed by atoms with E-state index < -0.39 is 24.4 Å². The Kier molecular flexibility index (Phi) is 6.50. The quantitative estimate of drug-likeness (QED) is 0.469. The molecule has 10 heavy (non-hydrogen) atoms. The summed E-state index contributed by atoms with van der Waals surface area (Å²) < 4.78 is 0. The Labute approximate surface area is 71.5 Å². The van der Waals surface area contributed by atoms with Crippen LogP contribution in [-0.2, 0) is 29.1 Å². The summed E-state index contributed by atoms with van der Waals surface area (Å²) in [5.74, 6) is -3.08. The van der Waals surface area contributed by atoms with Crippen LogP contribution in [0, 0.1) is 0 Å². The first kappa shape index (κ1) is 12.2. The van der Waals surface area contributed by atoms with Crippen LogP contribution in [-0.4, -0.2) is 18.0 Å². The van der Waals surface area contributed by atoms with Gasteiger partial charge in [-0.15, -0.1) is 0 Å². The fraction of sp³-hybridized carbons (Fsp3) is 0.500. The van der Waals surface area contributed by atoms with Crippen molar-refractivity contribution in [3.63, 3.8) is 0 Å². The molecule has 2 N–H and O–H groups in total. The predicted octanol–water partition coefficient (Wildman–Crippen LogP) is -3.69. The average Bonchev–Trinajstić information content (AvgIpc) is 1.63. The van der Waals surface area contributed by atoms with Gasteiger partial charge in [-0.05, 0) is 0 Å². The number of carboxylic acids is 2. The SMILES string of the molecule is NC(CC(=O)[O-])C(=O)[O-].[H+].[Zn+2]. The van der Waals surface area contributed by atoms with Gasteiger partial charge in [-0.25, -0.2) is 0 Å². The minimum Gasteiger partial charge on any atom is -0.550 e. The first-order chi connectivity index (χ1) is 4.04. The van der Waals surface area contributed by atoms with Gasteiger partial charge >= 0.3 is 20.9 Å². The minimum atomic E-state index is -1.58. The van der Waals surface area contributed by atoms with E-state index in [2.05, 4.69) is 0 Å². The molecule has 0 saturated carbocycles. The molecule has 52 valence electrons. The van der Waals surface area contributed by atoms with Gasteiger partial charge in [0.15, 0.2) is 0 Å². The third-order valence-electron chi connectivity index (χ3n) is 0.689. The maximum Gasteiger partial charge on any atom is 2.00 e. The number of carbonyl (C=O) groups excluding carboxylic acids is 2. The van der Waals surface area contributed by atoms with Gasteiger partial charge in [-0.3, -0.25) is 0 Å². The fourth-order valence-electron chi connectivity index (χ4n) is 0.263. The number of carbonyl (C=O) groups is 2. The van der Waals surface area contributed by atoms with Crippen LogP contribution in [0.25, 0.3) is 0 Å². The summed E-state index contributed by atoms with van der Waals surface area (Å²) in [6, 6.07) is -1.46. The van der Waals surface area contributed by atoms with Crippen molar-refractivity contribution in [3.05, 3.63) is 0 Å². The molecular weight excluding hydrogens is 191 g/mol. The Morgan fingerprint density at radius 2 is 1.90 bits per heavy atom. The summed E-state index contributed by atoms with van der Waals surface area (Å²) in [6.07, 6.45) is -0.706. The first-order valence-corrected chi connectivity index (χ1v) is 2.20. The molecular formula is C4H6NO4Zn+. The molecule has 5 nitrogen and oxygen atoms in total. The Morgan fingerprint density at radius 1 is 1.50 bits per heavy atom. The molecule has 0 aromatic heterocycles. The van der Waals surface area contributed by atoms with Crippen molar-refractivity contribution < 1.29 is 40.7 Å². The van der Waals surface area contributed by atoms with Crippen molar-refractivity contribution >= 4 is 11.9 Å². The van der Waals surface area contributed by atoms with E-state index in [1.54, 1.807) is 0 Å². The van der Waals surface area contributed by atoms with Crippen LogP contribution in [0.2, 0.25) is 0 Å². The van der Waals surface area contributed by atoms with Crippen LogP contribution in [0.1, 0.15) is 7.85 Å². The molecule has 0 aliphatic rings. The van der Waals surface area contributed by atoms with Crippen LogP contribution in [0.3, 0.4) is 0 Å². The fourth-order valence-corrected chi connectivity index (χ4v) is 0.263. The molecule has 0 fully saturated rings. The van der Waals surface area contributed by atoms with Gasteiger partial charge < -0.3 is 25.5 Å². The maximum absolute atomic E-state index is 9.71. The smallest absolute Gasteiger partial charge is 0.550 e. The number of hydrogen-bond donors (Lipinski definition) is 1. The summed E-state index contributed by atoms with van der Waals surface area (Å²) in [5, 5.41) is 19.3. The number of hydrogen-bond acceptors (Lipinski definition) is 5. The molecule has 0 radical (unpaired) electrons. The van der Waals surface area contributed by atoms with Gasteiger partial charge in [-0.2, -0.15) is 0 Å². The Hall–Kier alpha value is -0.477. The van der Waals surface area contributed by atoms with Crippen molar-refractivity contribution in [3.8, 4) is 0 Å². The van der Waals surface area contributed by atoms with Crippen molar-refractivity contribution in [2.75, 3.05) is 0 Å². The zero-order valence-corrected chi connectivity index (χ0v) is 8.17. The zero-order chi connectivity index (χ0) is 7.44. The van der Waals surface area contributed by atoms with Crippen LogP contribution in [0.4, 0.5) is 0 Å². The average molecular weight is 197 g/mol.